The van der Waals surface area contributed by atoms with E-state index in [2.05, 4.69) is 5.32 Å². The number of nitrogens with zero attached hydrogens (tertiary/aromatic N) is 1. The lowest BCUT2D eigenvalue weighted by atomic mass is 9.89. The molecule has 0 unspecified atom stereocenters. The Morgan fingerprint density at radius 2 is 2.06 bits per heavy atom. The second-order valence-corrected chi connectivity index (χ2v) is 4.65. The minimum atomic E-state index is -0.374. The summed E-state index contributed by atoms with van der Waals surface area (Å²) in [5.74, 6) is 0. The van der Waals surface area contributed by atoms with Gasteiger partial charge in [0.25, 0.3) is 5.69 Å². The maximum absolute atomic E-state index is 10.5. The van der Waals surface area contributed by atoms with Crippen molar-refractivity contribution in [2.75, 3.05) is 13.7 Å². The molecule has 1 aromatic carbocycles. The summed E-state index contributed by atoms with van der Waals surface area (Å²) in [6.45, 7) is 0.902. The van der Waals surface area contributed by atoms with E-state index in [9.17, 15) is 10.1 Å². The molecule has 1 saturated carbocycles. The Labute approximate surface area is 106 Å². The molecule has 0 amide bonds. The number of methoxy groups -OCH3 is 1. The van der Waals surface area contributed by atoms with Crippen molar-refractivity contribution in [3.63, 3.8) is 0 Å². The molecule has 0 spiro atoms. The molecule has 0 heterocycles. The van der Waals surface area contributed by atoms with Crippen molar-refractivity contribution >= 4 is 5.69 Å². The molecule has 0 saturated heterocycles. The summed E-state index contributed by atoms with van der Waals surface area (Å²) < 4.78 is 5.21. The molecule has 0 aromatic heterocycles. The predicted molar refractivity (Wildman–Crippen MR) is 68.6 cm³/mol. The molecule has 1 aliphatic rings. The third-order valence-electron chi connectivity index (χ3n) is 3.42. The number of ether oxygens (including phenoxy) is 1. The molecule has 5 heteroatoms. The maximum Gasteiger partial charge on any atom is 0.269 e. The topological polar surface area (TPSA) is 64.4 Å². The highest BCUT2D eigenvalue weighted by atomic mass is 16.6. The highest BCUT2D eigenvalue weighted by Gasteiger charge is 2.27. The fourth-order valence-corrected chi connectivity index (χ4v) is 2.13. The number of hydrogen-bond acceptors (Lipinski definition) is 4. The Morgan fingerprint density at radius 1 is 1.39 bits per heavy atom. The molecular weight excluding hydrogens is 232 g/mol. The monoisotopic (exact) mass is 250 g/mol. The molecule has 0 aliphatic heterocycles. The summed E-state index contributed by atoms with van der Waals surface area (Å²) in [4.78, 5) is 10.1. The van der Waals surface area contributed by atoms with Gasteiger partial charge in [0.05, 0.1) is 11.0 Å². The van der Waals surface area contributed by atoms with Gasteiger partial charge in [-0.2, -0.15) is 0 Å². The molecule has 0 bridgehead atoms. The van der Waals surface area contributed by atoms with Crippen molar-refractivity contribution in [3.05, 3.63) is 39.9 Å². The fraction of sp³-hybridized carbons (Fsp3) is 0.538. The zero-order valence-electron chi connectivity index (χ0n) is 10.5. The molecule has 5 nitrogen and oxygen atoms in total. The van der Waals surface area contributed by atoms with Crippen molar-refractivity contribution in [3.8, 4) is 0 Å². The first kappa shape index (κ1) is 13.0. The quantitative estimate of drug-likeness (QED) is 0.618. The number of rotatable bonds is 6. The fourth-order valence-electron chi connectivity index (χ4n) is 2.13. The second kappa shape index (κ2) is 5.93. The van der Waals surface area contributed by atoms with Gasteiger partial charge in [0.2, 0.25) is 0 Å². The minimum Gasteiger partial charge on any atom is -0.381 e. The van der Waals surface area contributed by atoms with Gasteiger partial charge in [-0.15, -0.1) is 0 Å². The second-order valence-electron chi connectivity index (χ2n) is 4.65. The van der Waals surface area contributed by atoms with Gasteiger partial charge < -0.3 is 10.1 Å². The number of benzene rings is 1. The molecule has 0 radical (unpaired) electrons. The average molecular weight is 250 g/mol. The molecule has 1 fully saturated rings. The molecule has 18 heavy (non-hydrogen) atoms. The van der Waals surface area contributed by atoms with E-state index in [-0.39, 0.29) is 10.6 Å². The SMILES string of the molecule is COC1CC(NCCc2ccc([N+](=O)[O-])cc2)C1. The third kappa shape index (κ3) is 3.27. The number of non-ortho nitro benzene ring substituents is 1. The van der Waals surface area contributed by atoms with Crippen LogP contribution >= 0.6 is 0 Å². The molecule has 0 atom stereocenters. The van der Waals surface area contributed by atoms with Gasteiger partial charge in [0, 0.05) is 25.3 Å². The van der Waals surface area contributed by atoms with Gasteiger partial charge in [-0.1, -0.05) is 12.1 Å². The van der Waals surface area contributed by atoms with Crippen LogP contribution in [0.2, 0.25) is 0 Å². The van der Waals surface area contributed by atoms with Gasteiger partial charge in [0.15, 0.2) is 0 Å². The van der Waals surface area contributed by atoms with Crippen LogP contribution in [-0.4, -0.2) is 30.7 Å². The number of nitro benzene ring substituents is 1. The average Bonchev–Trinajstić information content (AvgIpc) is 2.32. The van der Waals surface area contributed by atoms with Crippen LogP contribution in [0.15, 0.2) is 24.3 Å². The van der Waals surface area contributed by atoms with E-state index in [1.807, 2.05) is 12.1 Å². The van der Waals surface area contributed by atoms with E-state index in [0.29, 0.717) is 12.1 Å². The summed E-state index contributed by atoms with van der Waals surface area (Å²) in [5, 5.41) is 14.0. The highest BCUT2D eigenvalue weighted by molar-refractivity contribution is 5.32. The van der Waals surface area contributed by atoms with Gasteiger partial charge in [-0.05, 0) is 31.4 Å². The van der Waals surface area contributed by atoms with Crippen LogP contribution in [0, 0.1) is 10.1 Å². The number of nitrogens with one attached hydrogen (secondary N) is 1. The Kier molecular flexibility index (Phi) is 4.28. The van der Waals surface area contributed by atoms with Crippen molar-refractivity contribution in [2.24, 2.45) is 0 Å². The first-order valence-electron chi connectivity index (χ1n) is 6.18. The largest absolute Gasteiger partial charge is 0.381 e. The smallest absolute Gasteiger partial charge is 0.269 e. The van der Waals surface area contributed by atoms with Crippen LogP contribution in [0.4, 0.5) is 5.69 Å². The molecular formula is C13H18N2O3. The van der Waals surface area contributed by atoms with E-state index in [1.54, 1.807) is 19.2 Å². The van der Waals surface area contributed by atoms with Crippen LogP contribution in [0.3, 0.4) is 0 Å². The third-order valence-corrected chi connectivity index (χ3v) is 3.42. The van der Waals surface area contributed by atoms with Crippen molar-refractivity contribution < 1.29 is 9.66 Å². The Balaban J connectivity index is 1.69. The van der Waals surface area contributed by atoms with Crippen LogP contribution < -0.4 is 5.32 Å². The van der Waals surface area contributed by atoms with Gasteiger partial charge in [-0.25, -0.2) is 0 Å². The lowest BCUT2D eigenvalue weighted by Gasteiger charge is -2.34. The van der Waals surface area contributed by atoms with Gasteiger partial charge in [0.1, 0.15) is 0 Å². The molecule has 1 aliphatic carbocycles. The molecule has 98 valence electrons. The zero-order valence-corrected chi connectivity index (χ0v) is 10.5. The standard InChI is InChI=1S/C13H18N2O3/c1-18-13-8-11(9-13)14-7-6-10-2-4-12(5-3-10)15(16)17/h2-5,11,13-14H,6-9H2,1H3. The molecule has 1 aromatic rings. The summed E-state index contributed by atoms with van der Waals surface area (Å²) >= 11 is 0. The van der Waals surface area contributed by atoms with E-state index in [0.717, 1.165) is 31.4 Å². The van der Waals surface area contributed by atoms with Crippen LogP contribution in [0.5, 0.6) is 0 Å². The minimum absolute atomic E-state index is 0.147. The van der Waals surface area contributed by atoms with Crippen molar-refractivity contribution in [1.29, 1.82) is 0 Å². The molecule has 1 N–H and O–H groups in total. The first-order chi connectivity index (χ1) is 8.69. The van der Waals surface area contributed by atoms with E-state index in [1.165, 1.54) is 0 Å². The van der Waals surface area contributed by atoms with Gasteiger partial charge in [-0.3, -0.25) is 10.1 Å². The van der Waals surface area contributed by atoms with E-state index < -0.39 is 0 Å². The predicted octanol–water partition coefficient (Wildman–Crippen LogP) is 1.90. The summed E-state index contributed by atoms with van der Waals surface area (Å²) in [6, 6.07) is 7.31. The normalized spacial score (nSPS) is 22.5. The number of nitro groups is 1. The zero-order chi connectivity index (χ0) is 13.0. The summed E-state index contributed by atoms with van der Waals surface area (Å²) in [7, 11) is 1.75. The van der Waals surface area contributed by atoms with E-state index in [4.69, 9.17) is 4.74 Å². The highest BCUT2D eigenvalue weighted by Crippen LogP contribution is 2.22. The Morgan fingerprint density at radius 3 is 2.61 bits per heavy atom. The lowest BCUT2D eigenvalue weighted by Crippen LogP contribution is -2.45. The Hall–Kier alpha value is -1.46. The van der Waals surface area contributed by atoms with Crippen LogP contribution in [-0.2, 0) is 11.2 Å². The van der Waals surface area contributed by atoms with Crippen molar-refractivity contribution in [1.82, 2.24) is 5.32 Å². The van der Waals surface area contributed by atoms with Crippen LogP contribution in [0.1, 0.15) is 18.4 Å². The lowest BCUT2D eigenvalue weighted by molar-refractivity contribution is -0.384. The molecule has 2 rings (SSSR count). The summed E-state index contributed by atoms with van der Waals surface area (Å²) in [6.07, 6.45) is 3.47. The number of hydrogen-bond donors (Lipinski definition) is 1. The first-order valence-corrected chi connectivity index (χ1v) is 6.18. The van der Waals surface area contributed by atoms with E-state index >= 15 is 0 Å². The summed E-state index contributed by atoms with van der Waals surface area (Å²) in [5.41, 5.74) is 1.27. The van der Waals surface area contributed by atoms with Gasteiger partial charge >= 0.3 is 0 Å². The van der Waals surface area contributed by atoms with Crippen molar-refractivity contribution in [2.45, 2.75) is 31.4 Å². The van der Waals surface area contributed by atoms with Crippen LogP contribution in [0.25, 0.3) is 0 Å². The Bertz CT molecular complexity index is 399. The maximum atomic E-state index is 10.5.